The maximum atomic E-state index is 13.9. The van der Waals surface area contributed by atoms with Crippen LogP contribution in [0.5, 0.6) is 0 Å². The van der Waals surface area contributed by atoms with Crippen molar-refractivity contribution >= 4 is 23.4 Å². The molecule has 2 aromatic carbocycles. The Balaban J connectivity index is 1.71. The predicted molar refractivity (Wildman–Crippen MR) is 96.7 cm³/mol. The van der Waals surface area contributed by atoms with Crippen molar-refractivity contribution in [2.75, 3.05) is 5.32 Å². The number of nitrogens with zero attached hydrogens (tertiary/aromatic N) is 3. The minimum atomic E-state index is -0.476. The molecule has 1 amide bonds. The summed E-state index contributed by atoms with van der Waals surface area (Å²) in [7, 11) is 1.72. The summed E-state index contributed by atoms with van der Waals surface area (Å²) in [5.74, 6) is -0.624. The van der Waals surface area contributed by atoms with Crippen molar-refractivity contribution in [2.24, 2.45) is 7.05 Å². The van der Waals surface area contributed by atoms with Gasteiger partial charge in [-0.1, -0.05) is 23.9 Å². The van der Waals surface area contributed by atoms with Crippen LogP contribution < -0.4 is 5.32 Å². The van der Waals surface area contributed by atoms with Crippen LogP contribution in [-0.2, 0) is 11.8 Å². The summed E-state index contributed by atoms with van der Waals surface area (Å²) in [5, 5.41) is 10.8. The van der Waals surface area contributed by atoms with E-state index in [1.54, 1.807) is 36.7 Å². The summed E-state index contributed by atoms with van der Waals surface area (Å²) < 4.78 is 28.5. The molecule has 8 heteroatoms. The molecule has 0 unspecified atom stereocenters. The van der Waals surface area contributed by atoms with Crippen molar-refractivity contribution in [3.63, 3.8) is 0 Å². The molecular weight excluding hydrogens is 358 g/mol. The highest BCUT2D eigenvalue weighted by atomic mass is 32.2. The fraction of sp³-hybridized carbons (Fsp3) is 0.167. The molecule has 3 aromatic rings. The quantitative estimate of drug-likeness (QED) is 0.689. The highest BCUT2D eigenvalue weighted by Gasteiger charge is 2.20. The molecule has 3 rings (SSSR count). The fourth-order valence-corrected chi connectivity index (χ4v) is 3.10. The Hall–Kier alpha value is -2.74. The van der Waals surface area contributed by atoms with E-state index < -0.39 is 5.25 Å². The lowest BCUT2D eigenvalue weighted by Gasteiger charge is -2.11. The van der Waals surface area contributed by atoms with Gasteiger partial charge in [0.15, 0.2) is 11.0 Å². The van der Waals surface area contributed by atoms with Crippen LogP contribution in [0.2, 0.25) is 0 Å². The van der Waals surface area contributed by atoms with Crippen LogP contribution in [0.25, 0.3) is 11.4 Å². The summed E-state index contributed by atoms with van der Waals surface area (Å²) in [5.41, 5.74) is 0.853. The highest BCUT2D eigenvalue weighted by molar-refractivity contribution is 8.00. The van der Waals surface area contributed by atoms with Crippen molar-refractivity contribution in [1.82, 2.24) is 14.8 Å². The van der Waals surface area contributed by atoms with E-state index in [1.165, 1.54) is 42.1 Å². The van der Waals surface area contributed by atoms with Crippen molar-refractivity contribution < 1.29 is 13.6 Å². The molecule has 1 atom stereocenters. The molecule has 26 heavy (non-hydrogen) atoms. The van der Waals surface area contributed by atoms with Gasteiger partial charge in [-0.05, 0) is 43.3 Å². The number of anilines is 1. The standard InChI is InChI=1S/C18H16F2N4OS/c1-11(17(25)21-13-9-7-12(19)8-10-13)26-18-23-22-16(24(18)2)14-5-3-4-6-15(14)20/h3-11H,1-2H3,(H,21,25)/t11-/m1/s1. The fourth-order valence-electron chi connectivity index (χ4n) is 2.28. The summed E-state index contributed by atoms with van der Waals surface area (Å²) >= 11 is 1.20. The van der Waals surface area contributed by atoms with Crippen molar-refractivity contribution in [1.29, 1.82) is 0 Å². The Morgan fingerprint density at radius 3 is 2.50 bits per heavy atom. The number of carbonyl (C=O) groups is 1. The Morgan fingerprint density at radius 2 is 1.81 bits per heavy atom. The number of hydrogen-bond acceptors (Lipinski definition) is 4. The van der Waals surface area contributed by atoms with E-state index in [2.05, 4.69) is 15.5 Å². The molecule has 0 saturated heterocycles. The molecular formula is C18H16F2N4OS. The lowest BCUT2D eigenvalue weighted by atomic mass is 10.2. The van der Waals surface area contributed by atoms with E-state index in [0.717, 1.165) is 0 Å². The lowest BCUT2D eigenvalue weighted by molar-refractivity contribution is -0.115. The SMILES string of the molecule is C[C@@H](Sc1nnc(-c2ccccc2F)n1C)C(=O)Nc1ccc(F)cc1. The van der Waals surface area contributed by atoms with Crippen LogP contribution in [0.1, 0.15) is 6.92 Å². The number of amides is 1. The number of thioether (sulfide) groups is 1. The van der Waals surface area contributed by atoms with Gasteiger partial charge in [-0.2, -0.15) is 0 Å². The molecule has 5 nitrogen and oxygen atoms in total. The first kappa shape index (κ1) is 18.1. The average molecular weight is 374 g/mol. The van der Waals surface area contributed by atoms with E-state index in [0.29, 0.717) is 22.2 Å². The molecule has 1 aromatic heterocycles. The first-order chi connectivity index (χ1) is 12.5. The van der Waals surface area contributed by atoms with Gasteiger partial charge in [0.05, 0.1) is 10.8 Å². The minimum absolute atomic E-state index is 0.253. The number of benzene rings is 2. The van der Waals surface area contributed by atoms with Gasteiger partial charge in [-0.25, -0.2) is 8.78 Å². The highest BCUT2D eigenvalue weighted by Crippen LogP contribution is 2.27. The van der Waals surface area contributed by atoms with Crippen LogP contribution >= 0.6 is 11.8 Å². The maximum Gasteiger partial charge on any atom is 0.237 e. The van der Waals surface area contributed by atoms with Gasteiger partial charge in [0.1, 0.15) is 11.6 Å². The first-order valence-corrected chi connectivity index (χ1v) is 8.71. The zero-order valence-corrected chi connectivity index (χ0v) is 14.9. The molecule has 0 aliphatic rings. The van der Waals surface area contributed by atoms with E-state index in [-0.39, 0.29) is 17.5 Å². The Labute approximate surface area is 153 Å². The second-order valence-electron chi connectivity index (χ2n) is 5.60. The van der Waals surface area contributed by atoms with E-state index in [4.69, 9.17) is 0 Å². The third-order valence-corrected chi connectivity index (χ3v) is 4.85. The van der Waals surface area contributed by atoms with Crippen LogP contribution in [0.15, 0.2) is 53.7 Å². The number of rotatable bonds is 5. The van der Waals surface area contributed by atoms with Gasteiger partial charge in [0.25, 0.3) is 0 Å². The molecule has 0 fully saturated rings. The molecule has 134 valence electrons. The topological polar surface area (TPSA) is 59.8 Å². The summed E-state index contributed by atoms with van der Waals surface area (Å²) in [6.07, 6.45) is 0. The van der Waals surface area contributed by atoms with Gasteiger partial charge >= 0.3 is 0 Å². The van der Waals surface area contributed by atoms with Gasteiger partial charge in [0.2, 0.25) is 5.91 Å². The van der Waals surface area contributed by atoms with Crippen molar-refractivity contribution in [3.05, 3.63) is 60.2 Å². The van der Waals surface area contributed by atoms with Gasteiger partial charge in [-0.3, -0.25) is 4.79 Å². The molecule has 0 saturated carbocycles. The molecule has 0 bridgehead atoms. The van der Waals surface area contributed by atoms with E-state index >= 15 is 0 Å². The third kappa shape index (κ3) is 3.91. The normalized spacial score (nSPS) is 12.0. The number of nitrogens with one attached hydrogen (secondary N) is 1. The van der Waals surface area contributed by atoms with Crippen LogP contribution in [-0.4, -0.2) is 25.9 Å². The molecule has 1 heterocycles. The largest absolute Gasteiger partial charge is 0.325 e. The maximum absolute atomic E-state index is 13.9. The number of halogens is 2. The van der Waals surface area contributed by atoms with Crippen LogP contribution in [0, 0.1) is 11.6 Å². The second-order valence-corrected chi connectivity index (χ2v) is 6.91. The summed E-state index contributed by atoms with van der Waals surface area (Å²) in [6.45, 7) is 1.72. The zero-order chi connectivity index (χ0) is 18.7. The summed E-state index contributed by atoms with van der Waals surface area (Å²) in [6, 6.07) is 11.8. The van der Waals surface area contributed by atoms with E-state index in [1.807, 2.05) is 0 Å². The predicted octanol–water partition coefficient (Wildman–Crippen LogP) is 3.88. The molecule has 1 N–H and O–H groups in total. The van der Waals surface area contributed by atoms with Crippen molar-refractivity contribution in [2.45, 2.75) is 17.3 Å². The molecule has 0 radical (unpaired) electrons. The number of hydrogen-bond donors (Lipinski definition) is 1. The smallest absolute Gasteiger partial charge is 0.237 e. The Bertz CT molecular complexity index is 927. The number of carbonyl (C=O) groups excluding carboxylic acids is 1. The van der Waals surface area contributed by atoms with E-state index in [9.17, 15) is 13.6 Å². The third-order valence-electron chi connectivity index (χ3n) is 3.71. The van der Waals surface area contributed by atoms with Gasteiger partial charge in [0, 0.05) is 12.7 Å². The van der Waals surface area contributed by atoms with Crippen LogP contribution in [0.4, 0.5) is 14.5 Å². The Kier molecular flexibility index (Phi) is 5.32. The van der Waals surface area contributed by atoms with Gasteiger partial charge in [-0.15, -0.1) is 10.2 Å². The molecule has 0 aliphatic heterocycles. The molecule has 0 spiro atoms. The minimum Gasteiger partial charge on any atom is -0.325 e. The van der Waals surface area contributed by atoms with Crippen molar-refractivity contribution in [3.8, 4) is 11.4 Å². The van der Waals surface area contributed by atoms with Crippen LogP contribution in [0.3, 0.4) is 0 Å². The zero-order valence-electron chi connectivity index (χ0n) is 14.1. The summed E-state index contributed by atoms with van der Waals surface area (Å²) in [4.78, 5) is 12.3. The monoisotopic (exact) mass is 374 g/mol. The molecule has 0 aliphatic carbocycles. The Morgan fingerprint density at radius 1 is 1.12 bits per heavy atom. The lowest BCUT2D eigenvalue weighted by Crippen LogP contribution is -2.22. The van der Waals surface area contributed by atoms with Gasteiger partial charge < -0.3 is 9.88 Å². The average Bonchev–Trinajstić information content (AvgIpc) is 2.98. The number of aromatic nitrogens is 3. The second kappa shape index (κ2) is 7.65. The first-order valence-electron chi connectivity index (χ1n) is 7.83.